The summed E-state index contributed by atoms with van der Waals surface area (Å²) in [6, 6.07) is 0.705. The van der Waals surface area contributed by atoms with Gasteiger partial charge in [0.15, 0.2) is 0 Å². The number of H-pyrrole nitrogens is 1. The highest BCUT2D eigenvalue weighted by Gasteiger charge is 2.27. The van der Waals surface area contributed by atoms with Crippen LogP contribution in [0.15, 0.2) is 23.1 Å². The Balaban J connectivity index is 1.60. The lowest BCUT2D eigenvalue weighted by molar-refractivity contribution is -0.116. The fraction of sp³-hybridized carbons (Fsp3) is 0.389. The van der Waals surface area contributed by atoms with E-state index < -0.39 is 0 Å². The molecule has 8 nitrogen and oxygen atoms in total. The molecule has 1 aliphatic carbocycles. The van der Waals surface area contributed by atoms with Gasteiger partial charge in [0, 0.05) is 23.6 Å². The molecule has 2 aliphatic rings. The number of carbonyl (C=O) groups excluding carboxylic acids is 1. The maximum Gasteiger partial charge on any atom is 0.273 e. The second-order valence-corrected chi connectivity index (χ2v) is 6.67. The molecule has 0 saturated heterocycles. The number of hydrogen-bond acceptors (Lipinski definition) is 6. The molecule has 4 rings (SSSR count). The molecular weight excluding hydrogens is 330 g/mol. The third kappa shape index (κ3) is 3.28. The van der Waals surface area contributed by atoms with Crippen LogP contribution in [0.5, 0.6) is 0 Å². The van der Waals surface area contributed by atoms with Crippen molar-refractivity contribution < 1.29 is 4.79 Å². The van der Waals surface area contributed by atoms with Gasteiger partial charge in [-0.3, -0.25) is 4.79 Å². The van der Waals surface area contributed by atoms with E-state index in [4.69, 9.17) is 0 Å². The number of nitrogens with zero attached hydrogens (tertiary/aromatic N) is 4. The molecule has 0 atom stereocenters. The maximum atomic E-state index is 12.2. The summed E-state index contributed by atoms with van der Waals surface area (Å²) in [5.74, 6) is 0.0583. The minimum atomic E-state index is -0.268. The molecule has 134 valence electrons. The van der Waals surface area contributed by atoms with Crippen LogP contribution >= 0.6 is 0 Å². The van der Waals surface area contributed by atoms with Crippen LogP contribution in [0.3, 0.4) is 0 Å². The molecule has 1 fully saturated rings. The van der Waals surface area contributed by atoms with Crippen LogP contribution in [0.4, 0.5) is 0 Å². The highest BCUT2D eigenvalue weighted by molar-refractivity contribution is 6.32. The summed E-state index contributed by atoms with van der Waals surface area (Å²) >= 11 is 0. The maximum absolute atomic E-state index is 12.2. The Morgan fingerprint density at radius 3 is 2.88 bits per heavy atom. The lowest BCUT2D eigenvalue weighted by Crippen LogP contribution is -2.19. The summed E-state index contributed by atoms with van der Waals surface area (Å²) in [6.07, 6.45) is 8.37. The summed E-state index contributed by atoms with van der Waals surface area (Å²) in [4.78, 5) is 19.8. The largest absolute Gasteiger partial charge is 0.359 e. The van der Waals surface area contributed by atoms with Crippen LogP contribution < -0.4 is 10.7 Å². The van der Waals surface area contributed by atoms with Crippen molar-refractivity contribution in [3.63, 3.8) is 0 Å². The SMILES string of the molecule is Cc1[nH]c(C=C2C(=O)NN=C2c2nccnn2)c(C)c1CCNC1CC1. The number of aromatic amines is 1. The van der Waals surface area contributed by atoms with Crippen LogP contribution in [-0.2, 0) is 11.2 Å². The molecule has 1 amide bonds. The molecule has 26 heavy (non-hydrogen) atoms. The molecule has 8 heteroatoms. The third-order valence-corrected chi connectivity index (χ3v) is 4.77. The third-order valence-electron chi connectivity index (χ3n) is 4.77. The number of aromatic nitrogens is 4. The molecule has 1 aliphatic heterocycles. The van der Waals surface area contributed by atoms with Crippen LogP contribution in [-0.4, -0.2) is 44.4 Å². The molecule has 2 aromatic heterocycles. The Hall–Kier alpha value is -2.87. The number of rotatable bonds is 6. The zero-order valence-corrected chi connectivity index (χ0v) is 14.8. The Labute approximate surface area is 151 Å². The summed E-state index contributed by atoms with van der Waals surface area (Å²) in [5, 5.41) is 15.4. The smallest absolute Gasteiger partial charge is 0.273 e. The molecule has 0 aromatic carbocycles. The monoisotopic (exact) mass is 351 g/mol. The molecule has 0 radical (unpaired) electrons. The second kappa shape index (κ2) is 6.80. The normalized spacial score (nSPS) is 18.3. The summed E-state index contributed by atoms with van der Waals surface area (Å²) in [6.45, 7) is 5.11. The van der Waals surface area contributed by atoms with Gasteiger partial charge in [0.05, 0.1) is 11.8 Å². The van der Waals surface area contributed by atoms with E-state index in [9.17, 15) is 4.79 Å². The first-order valence-corrected chi connectivity index (χ1v) is 8.79. The van der Waals surface area contributed by atoms with Gasteiger partial charge in [-0.15, -0.1) is 5.10 Å². The first-order valence-electron chi connectivity index (χ1n) is 8.79. The first-order chi connectivity index (χ1) is 12.6. The Morgan fingerprint density at radius 1 is 1.31 bits per heavy atom. The molecule has 2 aromatic rings. The number of aryl methyl sites for hydroxylation is 1. The van der Waals surface area contributed by atoms with Crippen molar-refractivity contribution >= 4 is 17.7 Å². The number of amides is 1. The van der Waals surface area contributed by atoms with E-state index >= 15 is 0 Å². The van der Waals surface area contributed by atoms with Gasteiger partial charge < -0.3 is 10.3 Å². The topological polar surface area (TPSA) is 108 Å². The van der Waals surface area contributed by atoms with Crippen molar-refractivity contribution in [1.29, 1.82) is 0 Å². The second-order valence-electron chi connectivity index (χ2n) is 6.67. The number of nitrogens with one attached hydrogen (secondary N) is 3. The fourth-order valence-corrected chi connectivity index (χ4v) is 3.16. The average molecular weight is 351 g/mol. The molecule has 3 N–H and O–H groups in total. The van der Waals surface area contributed by atoms with Gasteiger partial charge in [-0.05, 0) is 56.9 Å². The molecule has 0 spiro atoms. The van der Waals surface area contributed by atoms with Crippen molar-refractivity contribution in [2.75, 3.05) is 6.54 Å². The van der Waals surface area contributed by atoms with Crippen molar-refractivity contribution in [3.8, 4) is 0 Å². The Morgan fingerprint density at radius 2 is 2.15 bits per heavy atom. The van der Waals surface area contributed by atoms with Crippen LogP contribution in [0.2, 0.25) is 0 Å². The molecule has 1 saturated carbocycles. The van der Waals surface area contributed by atoms with E-state index in [0.717, 1.165) is 29.9 Å². The van der Waals surface area contributed by atoms with Gasteiger partial charge in [0.25, 0.3) is 5.91 Å². The molecule has 3 heterocycles. The highest BCUT2D eigenvalue weighted by Crippen LogP contribution is 2.23. The van der Waals surface area contributed by atoms with E-state index in [2.05, 4.69) is 49.9 Å². The van der Waals surface area contributed by atoms with E-state index in [1.807, 2.05) is 6.08 Å². The van der Waals surface area contributed by atoms with E-state index in [-0.39, 0.29) is 5.91 Å². The highest BCUT2D eigenvalue weighted by atomic mass is 16.2. The van der Waals surface area contributed by atoms with Crippen molar-refractivity contribution in [2.45, 2.75) is 39.2 Å². The van der Waals surface area contributed by atoms with Gasteiger partial charge in [0.2, 0.25) is 5.82 Å². The number of carbonyl (C=O) groups is 1. The quantitative estimate of drug-likeness (QED) is 0.674. The van der Waals surface area contributed by atoms with E-state index in [1.165, 1.54) is 30.8 Å². The van der Waals surface area contributed by atoms with Gasteiger partial charge in [-0.1, -0.05) is 0 Å². The minimum absolute atomic E-state index is 0.268. The Kier molecular flexibility index (Phi) is 4.34. The number of hydrazone groups is 1. The fourth-order valence-electron chi connectivity index (χ4n) is 3.16. The zero-order chi connectivity index (χ0) is 18.1. The lowest BCUT2D eigenvalue weighted by atomic mass is 10.0. The molecule has 0 bridgehead atoms. The van der Waals surface area contributed by atoms with Crippen molar-refractivity contribution in [2.24, 2.45) is 5.10 Å². The molecular formula is C18H21N7O. The minimum Gasteiger partial charge on any atom is -0.359 e. The van der Waals surface area contributed by atoms with Gasteiger partial charge in [-0.25, -0.2) is 10.4 Å². The summed E-state index contributed by atoms with van der Waals surface area (Å²) in [7, 11) is 0. The zero-order valence-electron chi connectivity index (χ0n) is 14.8. The van der Waals surface area contributed by atoms with Gasteiger partial charge >= 0.3 is 0 Å². The lowest BCUT2D eigenvalue weighted by Gasteiger charge is -2.04. The summed E-state index contributed by atoms with van der Waals surface area (Å²) < 4.78 is 0. The predicted molar refractivity (Wildman–Crippen MR) is 97.5 cm³/mol. The molecule has 0 unspecified atom stereocenters. The Bertz CT molecular complexity index is 894. The number of hydrogen-bond donors (Lipinski definition) is 3. The van der Waals surface area contributed by atoms with Crippen molar-refractivity contribution in [3.05, 3.63) is 46.3 Å². The van der Waals surface area contributed by atoms with Gasteiger partial charge in [-0.2, -0.15) is 10.2 Å². The van der Waals surface area contributed by atoms with Crippen LogP contribution in [0, 0.1) is 13.8 Å². The predicted octanol–water partition coefficient (Wildman–Crippen LogP) is 1.03. The van der Waals surface area contributed by atoms with Gasteiger partial charge in [0.1, 0.15) is 5.71 Å². The van der Waals surface area contributed by atoms with Crippen molar-refractivity contribution in [1.82, 2.24) is 30.9 Å². The van der Waals surface area contributed by atoms with E-state index in [1.54, 1.807) is 0 Å². The van der Waals surface area contributed by atoms with Crippen LogP contribution in [0.25, 0.3) is 6.08 Å². The first kappa shape index (κ1) is 16.6. The van der Waals surface area contributed by atoms with E-state index in [0.29, 0.717) is 23.2 Å². The summed E-state index contributed by atoms with van der Waals surface area (Å²) in [5.41, 5.74) is 7.81. The van der Waals surface area contributed by atoms with Crippen LogP contribution in [0.1, 0.15) is 41.2 Å². The standard InChI is InChI=1S/C18H21N7O/c1-10-13(5-6-19-12-3-4-12)11(2)22-15(10)9-14-16(23-25-18(14)26)17-20-7-8-21-24-17/h7-9,12,19,22H,3-6H2,1-2H3,(H,25,26). The average Bonchev–Trinajstić information content (AvgIpc) is 3.35.